The van der Waals surface area contributed by atoms with Gasteiger partial charge in [-0.25, -0.2) is 0 Å². The maximum atomic E-state index is 5.99. The van der Waals surface area contributed by atoms with E-state index in [0.29, 0.717) is 12.0 Å². The molecule has 1 fully saturated rings. The first-order chi connectivity index (χ1) is 7.88. The van der Waals surface area contributed by atoms with Crippen LogP contribution in [0, 0.1) is 5.92 Å². The molecule has 2 heteroatoms. The average molecular weight is 227 g/mol. The molecule has 2 nitrogen and oxygen atoms in total. The van der Waals surface area contributed by atoms with Crippen molar-refractivity contribution in [2.75, 3.05) is 13.2 Å². The molecule has 0 bridgehead atoms. The fraction of sp³-hybridized carbons (Fsp3) is 1.00. The van der Waals surface area contributed by atoms with E-state index in [1.54, 1.807) is 0 Å². The fourth-order valence-corrected chi connectivity index (χ4v) is 2.60. The van der Waals surface area contributed by atoms with Crippen molar-refractivity contribution in [1.82, 2.24) is 0 Å². The van der Waals surface area contributed by atoms with E-state index >= 15 is 0 Å². The third-order valence-corrected chi connectivity index (χ3v) is 3.72. The summed E-state index contributed by atoms with van der Waals surface area (Å²) in [6, 6.07) is 0. The van der Waals surface area contributed by atoms with Crippen LogP contribution in [-0.2, 0) is 4.74 Å². The predicted molar refractivity (Wildman–Crippen MR) is 69.5 cm³/mol. The first-order valence-corrected chi connectivity index (χ1v) is 7.20. The second-order valence-corrected chi connectivity index (χ2v) is 5.10. The lowest BCUT2D eigenvalue weighted by Crippen LogP contribution is -2.33. The molecule has 16 heavy (non-hydrogen) atoms. The van der Waals surface area contributed by atoms with Gasteiger partial charge in [-0.3, -0.25) is 0 Å². The maximum Gasteiger partial charge on any atom is 0.0615 e. The highest BCUT2D eigenvalue weighted by Gasteiger charge is 2.24. The molecular formula is C14H29NO. The summed E-state index contributed by atoms with van der Waals surface area (Å²) in [6.45, 7) is 4.01. The molecule has 1 saturated carbocycles. The Bertz CT molecular complexity index is 161. The minimum absolute atomic E-state index is 0.463. The van der Waals surface area contributed by atoms with Gasteiger partial charge in [-0.2, -0.15) is 0 Å². The topological polar surface area (TPSA) is 35.2 Å². The van der Waals surface area contributed by atoms with E-state index in [9.17, 15) is 0 Å². The zero-order chi connectivity index (χ0) is 11.6. The molecule has 0 heterocycles. The Morgan fingerprint density at radius 1 is 1.06 bits per heavy atom. The van der Waals surface area contributed by atoms with Crippen molar-refractivity contribution in [1.29, 1.82) is 0 Å². The van der Waals surface area contributed by atoms with Crippen LogP contribution in [0.5, 0.6) is 0 Å². The standard InChI is InChI=1S/C14H29NO/c1-2-3-4-5-8-11-16-14-10-7-6-9-13(14)12-15/h13-14H,2-12,15H2,1H3. The lowest BCUT2D eigenvalue weighted by molar-refractivity contribution is -0.00949. The van der Waals surface area contributed by atoms with Crippen LogP contribution in [0.1, 0.15) is 64.7 Å². The highest BCUT2D eigenvalue weighted by atomic mass is 16.5. The third-order valence-electron chi connectivity index (χ3n) is 3.72. The van der Waals surface area contributed by atoms with Gasteiger partial charge in [-0.05, 0) is 31.7 Å². The Kier molecular flexibility index (Phi) is 7.87. The van der Waals surface area contributed by atoms with E-state index < -0.39 is 0 Å². The van der Waals surface area contributed by atoms with Crippen LogP contribution in [-0.4, -0.2) is 19.3 Å². The second kappa shape index (κ2) is 9.00. The minimum Gasteiger partial charge on any atom is -0.378 e. The largest absolute Gasteiger partial charge is 0.378 e. The van der Waals surface area contributed by atoms with Gasteiger partial charge in [0.25, 0.3) is 0 Å². The Morgan fingerprint density at radius 3 is 2.56 bits per heavy atom. The molecule has 96 valence electrons. The molecule has 0 aromatic carbocycles. The van der Waals surface area contributed by atoms with E-state index in [1.165, 1.54) is 57.8 Å². The van der Waals surface area contributed by atoms with Crippen molar-refractivity contribution in [3.63, 3.8) is 0 Å². The van der Waals surface area contributed by atoms with Crippen LogP contribution in [0.15, 0.2) is 0 Å². The second-order valence-electron chi connectivity index (χ2n) is 5.10. The number of nitrogens with two attached hydrogens (primary N) is 1. The summed E-state index contributed by atoms with van der Waals surface area (Å²) < 4.78 is 5.99. The van der Waals surface area contributed by atoms with E-state index in [-0.39, 0.29) is 0 Å². The minimum atomic E-state index is 0.463. The van der Waals surface area contributed by atoms with Crippen LogP contribution in [0.2, 0.25) is 0 Å². The molecule has 0 radical (unpaired) electrons. The number of ether oxygens (including phenoxy) is 1. The lowest BCUT2D eigenvalue weighted by Gasteiger charge is -2.30. The van der Waals surface area contributed by atoms with Gasteiger partial charge in [0, 0.05) is 6.61 Å². The van der Waals surface area contributed by atoms with Crippen molar-refractivity contribution >= 4 is 0 Å². The molecule has 0 amide bonds. The molecule has 0 aromatic heterocycles. The number of unbranched alkanes of at least 4 members (excludes halogenated alkanes) is 4. The Hall–Kier alpha value is -0.0800. The molecule has 1 aliphatic carbocycles. The molecular weight excluding hydrogens is 198 g/mol. The zero-order valence-corrected chi connectivity index (χ0v) is 10.9. The summed E-state index contributed by atoms with van der Waals surface area (Å²) in [7, 11) is 0. The quantitative estimate of drug-likeness (QED) is 0.644. The molecule has 1 rings (SSSR count). The first kappa shape index (κ1) is 14.0. The summed E-state index contributed by atoms with van der Waals surface area (Å²) in [5.74, 6) is 0.629. The highest BCUT2D eigenvalue weighted by Crippen LogP contribution is 2.26. The summed E-state index contributed by atoms with van der Waals surface area (Å²) in [6.07, 6.45) is 12.3. The van der Waals surface area contributed by atoms with Crippen LogP contribution < -0.4 is 5.73 Å². The highest BCUT2D eigenvalue weighted by molar-refractivity contribution is 4.76. The van der Waals surface area contributed by atoms with Crippen molar-refractivity contribution < 1.29 is 4.74 Å². The van der Waals surface area contributed by atoms with Crippen molar-refractivity contribution in [3.8, 4) is 0 Å². The summed E-state index contributed by atoms with van der Waals surface area (Å²) in [4.78, 5) is 0. The number of hydrogen-bond acceptors (Lipinski definition) is 2. The van der Waals surface area contributed by atoms with Gasteiger partial charge in [0.1, 0.15) is 0 Å². The SMILES string of the molecule is CCCCCCCOC1CCCCC1CN. The Morgan fingerprint density at radius 2 is 1.81 bits per heavy atom. The molecule has 1 aliphatic rings. The van der Waals surface area contributed by atoms with Crippen LogP contribution in [0.3, 0.4) is 0 Å². The van der Waals surface area contributed by atoms with Gasteiger partial charge in [0.15, 0.2) is 0 Å². The predicted octanol–water partition coefficient (Wildman–Crippen LogP) is 3.49. The van der Waals surface area contributed by atoms with Gasteiger partial charge < -0.3 is 10.5 Å². The van der Waals surface area contributed by atoms with Crippen LogP contribution in [0.25, 0.3) is 0 Å². The maximum absolute atomic E-state index is 5.99. The summed E-state index contributed by atoms with van der Waals surface area (Å²) in [5, 5.41) is 0. The van der Waals surface area contributed by atoms with Gasteiger partial charge >= 0.3 is 0 Å². The van der Waals surface area contributed by atoms with Crippen LogP contribution >= 0.6 is 0 Å². The molecule has 2 N–H and O–H groups in total. The average Bonchev–Trinajstić information content (AvgIpc) is 2.34. The zero-order valence-electron chi connectivity index (χ0n) is 10.9. The number of rotatable bonds is 8. The summed E-state index contributed by atoms with van der Waals surface area (Å²) >= 11 is 0. The van der Waals surface area contributed by atoms with E-state index in [4.69, 9.17) is 10.5 Å². The third kappa shape index (κ3) is 5.31. The van der Waals surface area contributed by atoms with Gasteiger partial charge in [-0.15, -0.1) is 0 Å². The van der Waals surface area contributed by atoms with E-state index in [0.717, 1.165) is 13.2 Å². The number of hydrogen-bond donors (Lipinski definition) is 1. The molecule has 0 saturated heterocycles. The Balaban J connectivity index is 2.02. The lowest BCUT2D eigenvalue weighted by atomic mass is 9.86. The normalized spacial score (nSPS) is 25.9. The van der Waals surface area contributed by atoms with Gasteiger partial charge in [0.05, 0.1) is 6.10 Å². The first-order valence-electron chi connectivity index (χ1n) is 7.20. The molecule has 0 aliphatic heterocycles. The molecule has 0 spiro atoms. The van der Waals surface area contributed by atoms with E-state index in [1.807, 2.05) is 0 Å². The monoisotopic (exact) mass is 227 g/mol. The fourth-order valence-electron chi connectivity index (χ4n) is 2.60. The van der Waals surface area contributed by atoms with Gasteiger partial charge in [-0.1, -0.05) is 45.4 Å². The molecule has 2 atom stereocenters. The Labute approximate surface area is 101 Å². The van der Waals surface area contributed by atoms with Crippen molar-refractivity contribution in [2.45, 2.75) is 70.8 Å². The molecule has 0 aromatic rings. The van der Waals surface area contributed by atoms with Crippen molar-refractivity contribution in [2.24, 2.45) is 11.7 Å². The van der Waals surface area contributed by atoms with Crippen molar-refractivity contribution in [3.05, 3.63) is 0 Å². The van der Waals surface area contributed by atoms with Crippen LogP contribution in [0.4, 0.5) is 0 Å². The van der Waals surface area contributed by atoms with E-state index in [2.05, 4.69) is 6.92 Å². The molecule has 2 unspecified atom stereocenters. The smallest absolute Gasteiger partial charge is 0.0615 e. The summed E-state index contributed by atoms with van der Waals surface area (Å²) in [5.41, 5.74) is 5.78. The van der Waals surface area contributed by atoms with Gasteiger partial charge in [0.2, 0.25) is 0 Å².